The highest BCUT2D eigenvalue weighted by Gasteiger charge is 2.06. The number of allylic oxidation sites excluding steroid dienone is 1. The van der Waals surface area contributed by atoms with Crippen molar-refractivity contribution in [2.45, 2.75) is 6.42 Å². The third-order valence-corrected chi connectivity index (χ3v) is 2.66. The lowest BCUT2D eigenvalue weighted by Crippen LogP contribution is -2.19. The largest absolute Gasteiger partial charge is 0.360 e. The molecule has 1 heterocycles. The minimum Gasteiger partial charge on any atom is -0.360 e. The Labute approximate surface area is 120 Å². The molecule has 0 radical (unpaired) electrons. The van der Waals surface area contributed by atoms with Crippen LogP contribution in [0.1, 0.15) is 11.4 Å². The van der Waals surface area contributed by atoms with E-state index in [1.165, 1.54) is 6.20 Å². The van der Waals surface area contributed by atoms with E-state index in [-0.39, 0.29) is 17.3 Å². The van der Waals surface area contributed by atoms with Crippen molar-refractivity contribution in [3.05, 3.63) is 41.9 Å². The van der Waals surface area contributed by atoms with Gasteiger partial charge in [-0.3, -0.25) is 4.79 Å². The number of likely N-dealkylation sites (N-methyl/N-ethyl adjacent to an activating group) is 1. The molecule has 0 saturated carbocycles. The lowest BCUT2D eigenvalue weighted by molar-refractivity contribution is -0.119. The SMILES string of the molecule is CNC(=O)Cc1cccc(NC=C(C#N)c2nn[nH]n2)c1. The van der Waals surface area contributed by atoms with Gasteiger partial charge in [0.05, 0.1) is 6.42 Å². The molecule has 1 aromatic heterocycles. The summed E-state index contributed by atoms with van der Waals surface area (Å²) in [5.41, 5.74) is 1.87. The lowest BCUT2D eigenvalue weighted by Gasteiger charge is -2.05. The van der Waals surface area contributed by atoms with Gasteiger partial charge in [0.2, 0.25) is 11.7 Å². The van der Waals surface area contributed by atoms with Crippen LogP contribution in [0.25, 0.3) is 5.57 Å². The molecule has 106 valence electrons. The van der Waals surface area contributed by atoms with Crippen LogP contribution in [0.3, 0.4) is 0 Å². The number of nitrogens with one attached hydrogen (secondary N) is 3. The minimum absolute atomic E-state index is 0.0628. The zero-order chi connectivity index (χ0) is 15.1. The smallest absolute Gasteiger partial charge is 0.224 e. The highest BCUT2D eigenvalue weighted by Crippen LogP contribution is 2.13. The first-order valence-corrected chi connectivity index (χ1v) is 6.13. The van der Waals surface area contributed by atoms with Gasteiger partial charge in [0.15, 0.2) is 0 Å². The number of tetrazole rings is 1. The molecule has 0 aliphatic carbocycles. The van der Waals surface area contributed by atoms with Crippen molar-refractivity contribution < 1.29 is 4.79 Å². The van der Waals surface area contributed by atoms with Crippen LogP contribution in [0.4, 0.5) is 5.69 Å². The Balaban J connectivity index is 2.11. The number of hydrogen-bond acceptors (Lipinski definition) is 6. The summed E-state index contributed by atoms with van der Waals surface area (Å²) in [6.45, 7) is 0. The molecule has 8 heteroatoms. The van der Waals surface area contributed by atoms with Crippen LogP contribution in [-0.2, 0) is 11.2 Å². The molecule has 0 unspecified atom stereocenters. The van der Waals surface area contributed by atoms with Gasteiger partial charge in [-0.25, -0.2) is 0 Å². The number of aromatic amines is 1. The molecule has 1 amide bonds. The van der Waals surface area contributed by atoms with Gasteiger partial charge >= 0.3 is 0 Å². The van der Waals surface area contributed by atoms with E-state index in [1.54, 1.807) is 7.05 Å². The first-order valence-electron chi connectivity index (χ1n) is 6.13. The van der Waals surface area contributed by atoms with Crippen molar-refractivity contribution in [3.63, 3.8) is 0 Å². The summed E-state index contributed by atoms with van der Waals surface area (Å²) in [5, 5.41) is 27.8. The maximum atomic E-state index is 11.3. The van der Waals surface area contributed by atoms with Gasteiger partial charge in [-0.2, -0.15) is 10.5 Å². The van der Waals surface area contributed by atoms with E-state index in [0.29, 0.717) is 6.42 Å². The Hall–Kier alpha value is -3.21. The standard InChI is InChI=1S/C13H13N7O/c1-15-12(21)6-9-3-2-4-11(5-9)16-8-10(7-14)13-17-19-20-18-13/h2-5,8,16H,6H2,1H3,(H,15,21)(H,17,18,19,20). The number of rotatable bonds is 5. The second-order valence-corrected chi connectivity index (χ2v) is 4.10. The van der Waals surface area contributed by atoms with Crippen molar-refractivity contribution in [1.29, 1.82) is 5.26 Å². The highest BCUT2D eigenvalue weighted by molar-refractivity contribution is 5.78. The number of nitrogens with zero attached hydrogens (tertiary/aromatic N) is 4. The van der Waals surface area contributed by atoms with Crippen molar-refractivity contribution in [3.8, 4) is 6.07 Å². The molecule has 2 aromatic rings. The number of carbonyl (C=O) groups excluding carboxylic acids is 1. The molecule has 21 heavy (non-hydrogen) atoms. The van der Waals surface area contributed by atoms with Gasteiger partial charge in [0, 0.05) is 18.9 Å². The van der Waals surface area contributed by atoms with Crippen LogP contribution >= 0.6 is 0 Å². The van der Waals surface area contributed by atoms with Gasteiger partial charge in [-0.05, 0) is 22.9 Å². The Bertz CT molecular complexity index is 685. The fourth-order valence-electron chi connectivity index (χ4n) is 1.62. The number of amides is 1. The Morgan fingerprint density at radius 1 is 1.52 bits per heavy atom. The first-order chi connectivity index (χ1) is 10.2. The lowest BCUT2D eigenvalue weighted by atomic mass is 10.1. The fraction of sp³-hybridized carbons (Fsp3) is 0.154. The summed E-state index contributed by atoms with van der Waals surface area (Å²) in [6.07, 6.45) is 1.79. The summed E-state index contributed by atoms with van der Waals surface area (Å²) < 4.78 is 0. The summed E-state index contributed by atoms with van der Waals surface area (Å²) >= 11 is 0. The van der Waals surface area contributed by atoms with Crippen LogP contribution in [0.15, 0.2) is 30.5 Å². The topological polar surface area (TPSA) is 119 Å². The molecule has 0 atom stereocenters. The normalized spacial score (nSPS) is 10.8. The number of H-pyrrole nitrogens is 1. The van der Waals surface area contributed by atoms with E-state index >= 15 is 0 Å². The van der Waals surface area contributed by atoms with Gasteiger partial charge in [-0.15, -0.1) is 10.2 Å². The van der Waals surface area contributed by atoms with Gasteiger partial charge < -0.3 is 10.6 Å². The number of anilines is 1. The van der Waals surface area contributed by atoms with Gasteiger partial charge in [0.25, 0.3) is 0 Å². The van der Waals surface area contributed by atoms with E-state index in [9.17, 15) is 4.79 Å². The third kappa shape index (κ3) is 3.87. The van der Waals surface area contributed by atoms with Crippen molar-refractivity contribution in [1.82, 2.24) is 25.9 Å². The van der Waals surface area contributed by atoms with Crippen LogP contribution in [0, 0.1) is 11.3 Å². The summed E-state index contributed by atoms with van der Waals surface area (Å²) in [5.74, 6) is 0.152. The maximum absolute atomic E-state index is 11.3. The van der Waals surface area contributed by atoms with E-state index < -0.39 is 0 Å². The van der Waals surface area contributed by atoms with Crippen LogP contribution in [0.2, 0.25) is 0 Å². The second-order valence-electron chi connectivity index (χ2n) is 4.10. The Morgan fingerprint density at radius 2 is 2.38 bits per heavy atom. The molecule has 8 nitrogen and oxygen atoms in total. The molecule has 3 N–H and O–H groups in total. The van der Waals surface area contributed by atoms with Crippen LogP contribution < -0.4 is 10.6 Å². The zero-order valence-corrected chi connectivity index (χ0v) is 11.3. The molecule has 0 bridgehead atoms. The summed E-state index contributed by atoms with van der Waals surface area (Å²) in [7, 11) is 1.59. The van der Waals surface area contributed by atoms with Gasteiger partial charge in [-0.1, -0.05) is 12.1 Å². The van der Waals surface area contributed by atoms with Crippen LogP contribution in [0.5, 0.6) is 0 Å². The number of carbonyl (C=O) groups is 1. The maximum Gasteiger partial charge on any atom is 0.224 e. The summed E-state index contributed by atoms with van der Waals surface area (Å²) in [4.78, 5) is 11.3. The third-order valence-electron chi connectivity index (χ3n) is 2.66. The number of aromatic nitrogens is 4. The molecule has 0 aliphatic heterocycles. The van der Waals surface area contributed by atoms with E-state index in [4.69, 9.17) is 5.26 Å². The van der Waals surface area contributed by atoms with Crippen molar-refractivity contribution in [2.75, 3.05) is 12.4 Å². The molecule has 0 saturated heterocycles. The first kappa shape index (κ1) is 14.2. The monoisotopic (exact) mass is 283 g/mol. The molecule has 1 aromatic carbocycles. The van der Waals surface area contributed by atoms with E-state index in [2.05, 4.69) is 31.3 Å². The molecular formula is C13H13N7O. The minimum atomic E-state index is -0.0628. The highest BCUT2D eigenvalue weighted by atomic mass is 16.1. The fourth-order valence-corrected chi connectivity index (χ4v) is 1.62. The quantitative estimate of drug-likeness (QED) is 0.686. The number of hydrogen-bond donors (Lipinski definition) is 3. The molecular weight excluding hydrogens is 270 g/mol. The van der Waals surface area contributed by atoms with E-state index in [1.807, 2.05) is 30.3 Å². The molecule has 0 fully saturated rings. The predicted octanol–water partition coefficient (Wildman–Crippen LogP) is 0.465. The summed E-state index contributed by atoms with van der Waals surface area (Å²) in [6, 6.07) is 9.32. The predicted molar refractivity (Wildman–Crippen MR) is 75.6 cm³/mol. The van der Waals surface area contributed by atoms with Crippen molar-refractivity contribution in [2.24, 2.45) is 0 Å². The Morgan fingerprint density at radius 3 is 3.05 bits per heavy atom. The number of nitriles is 1. The second kappa shape index (κ2) is 6.81. The Kier molecular flexibility index (Phi) is 4.61. The molecule has 0 spiro atoms. The average molecular weight is 283 g/mol. The average Bonchev–Trinajstić information content (AvgIpc) is 3.02. The van der Waals surface area contributed by atoms with Crippen LogP contribution in [-0.4, -0.2) is 33.6 Å². The zero-order valence-electron chi connectivity index (χ0n) is 11.3. The van der Waals surface area contributed by atoms with Gasteiger partial charge in [0.1, 0.15) is 11.6 Å². The molecule has 0 aliphatic rings. The van der Waals surface area contributed by atoms with E-state index in [0.717, 1.165) is 11.3 Å². The molecule has 2 rings (SSSR count). The van der Waals surface area contributed by atoms with Crippen molar-refractivity contribution >= 4 is 17.2 Å². The number of benzene rings is 1.